The predicted molar refractivity (Wildman–Crippen MR) is 153 cm³/mol. The third kappa shape index (κ3) is 10.5. The van der Waals surface area contributed by atoms with Gasteiger partial charge >= 0.3 is 12.0 Å². The van der Waals surface area contributed by atoms with Crippen LogP contribution >= 0.6 is 0 Å². The summed E-state index contributed by atoms with van der Waals surface area (Å²) in [5, 5.41) is 12.2. The highest BCUT2D eigenvalue weighted by Crippen LogP contribution is 2.17. The summed E-state index contributed by atoms with van der Waals surface area (Å²) in [5.74, 6) is 1.19. The van der Waals surface area contributed by atoms with E-state index in [-0.39, 0.29) is 12.5 Å². The van der Waals surface area contributed by atoms with Crippen LogP contribution in [0.3, 0.4) is 0 Å². The number of carbonyl (C=O) groups excluding carboxylic acids is 1. The van der Waals surface area contributed by atoms with Gasteiger partial charge < -0.3 is 34.3 Å². The number of amides is 2. The van der Waals surface area contributed by atoms with Gasteiger partial charge in [0.05, 0.1) is 20.3 Å². The summed E-state index contributed by atoms with van der Waals surface area (Å²) in [6, 6.07) is 23.8. The molecule has 2 N–H and O–H groups in total. The number of carboxylic acids is 1. The molecule has 0 aliphatic heterocycles. The number of rotatable bonds is 17. The summed E-state index contributed by atoms with van der Waals surface area (Å²) >= 11 is 0. The van der Waals surface area contributed by atoms with Crippen LogP contribution in [0.4, 0.5) is 10.5 Å². The second-order valence-corrected chi connectivity index (χ2v) is 8.99. The Morgan fingerprint density at radius 3 is 2.12 bits per heavy atom. The Morgan fingerprint density at radius 2 is 1.48 bits per heavy atom. The van der Waals surface area contributed by atoms with Crippen molar-refractivity contribution in [2.75, 3.05) is 45.3 Å². The van der Waals surface area contributed by atoms with E-state index in [1.54, 1.807) is 55.3 Å². The van der Waals surface area contributed by atoms with E-state index in [0.717, 1.165) is 24.2 Å². The number of aliphatic carboxylic acids is 1. The Morgan fingerprint density at radius 1 is 0.825 bits per heavy atom. The Balaban J connectivity index is 1.52. The zero-order valence-electron chi connectivity index (χ0n) is 23.1. The fourth-order valence-electron chi connectivity index (χ4n) is 3.93. The van der Waals surface area contributed by atoms with Crippen molar-refractivity contribution in [3.05, 3.63) is 84.4 Å². The molecule has 3 rings (SSSR count). The van der Waals surface area contributed by atoms with Gasteiger partial charge in [-0.3, -0.25) is 0 Å². The van der Waals surface area contributed by atoms with Crippen LogP contribution in [0.5, 0.6) is 17.2 Å². The minimum atomic E-state index is -0.984. The van der Waals surface area contributed by atoms with Gasteiger partial charge in [0.15, 0.2) is 6.10 Å². The first kappa shape index (κ1) is 30.3. The van der Waals surface area contributed by atoms with Crippen LogP contribution in [0.15, 0.2) is 78.9 Å². The lowest BCUT2D eigenvalue weighted by atomic mass is 10.1. The van der Waals surface area contributed by atoms with E-state index >= 15 is 0 Å². The van der Waals surface area contributed by atoms with Crippen molar-refractivity contribution in [1.29, 1.82) is 0 Å². The van der Waals surface area contributed by atoms with E-state index in [9.17, 15) is 14.7 Å². The van der Waals surface area contributed by atoms with E-state index in [1.807, 2.05) is 42.5 Å². The molecule has 0 aromatic heterocycles. The second kappa shape index (κ2) is 16.7. The first-order chi connectivity index (χ1) is 19.5. The van der Waals surface area contributed by atoms with E-state index in [2.05, 4.69) is 5.32 Å². The number of unbranched alkanes of at least 4 members (excludes halogenated alkanes) is 1. The zero-order chi connectivity index (χ0) is 28.6. The number of carbonyl (C=O) groups is 2. The maximum absolute atomic E-state index is 13.1. The van der Waals surface area contributed by atoms with Gasteiger partial charge in [-0.05, 0) is 73.9 Å². The van der Waals surface area contributed by atoms with E-state index in [1.165, 1.54) is 0 Å². The van der Waals surface area contributed by atoms with Gasteiger partial charge in [-0.25, -0.2) is 9.59 Å². The average Bonchev–Trinajstić information content (AvgIpc) is 2.97. The predicted octanol–water partition coefficient (Wildman–Crippen LogP) is 5.50. The average molecular weight is 551 g/mol. The maximum atomic E-state index is 13.1. The molecule has 2 amide bonds. The van der Waals surface area contributed by atoms with Crippen LogP contribution in [0.2, 0.25) is 0 Å². The van der Waals surface area contributed by atoms with E-state index in [4.69, 9.17) is 18.9 Å². The molecule has 3 aromatic rings. The molecule has 0 bridgehead atoms. The number of hydrogen-bond acceptors (Lipinski definition) is 6. The molecule has 214 valence electrons. The number of para-hydroxylation sites is 1. The van der Waals surface area contributed by atoms with E-state index < -0.39 is 12.1 Å². The van der Waals surface area contributed by atoms with Crippen molar-refractivity contribution < 1.29 is 33.6 Å². The van der Waals surface area contributed by atoms with Crippen LogP contribution in [-0.2, 0) is 16.0 Å². The molecule has 0 fully saturated rings. The monoisotopic (exact) mass is 550 g/mol. The quantitative estimate of drug-likeness (QED) is 0.214. The molecule has 1 atom stereocenters. The number of hydrogen-bond donors (Lipinski definition) is 2. The first-order valence-corrected chi connectivity index (χ1v) is 13.4. The smallest absolute Gasteiger partial charge is 0.333 e. The van der Waals surface area contributed by atoms with Crippen LogP contribution < -0.4 is 19.5 Å². The van der Waals surface area contributed by atoms with Gasteiger partial charge in [-0.2, -0.15) is 0 Å². The molecule has 1 unspecified atom stereocenters. The highest BCUT2D eigenvalue weighted by atomic mass is 16.5. The summed E-state index contributed by atoms with van der Waals surface area (Å²) in [5.41, 5.74) is 1.51. The summed E-state index contributed by atoms with van der Waals surface area (Å²) in [6.45, 7) is 3.89. The third-order valence-electron chi connectivity index (χ3n) is 6.08. The number of nitrogens with zero attached hydrogens (tertiary/aromatic N) is 1. The van der Waals surface area contributed by atoms with Crippen molar-refractivity contribution in [3.8, 4) is 17.2 Å². The number of anilines is 1. The van der Waals surface area contributed by atoms with Crippen LogP contribution in [0.1, 0.15) is 25.3 Å². The molecule has 9 heteroatoms. The lowest BCUT2D eigenvalue weighted by molar-refractivity contribution is -0.149. The Labute approximate surface area is 235 Å². The molecule has 0 heterocycles. The Bertz CT molecular complexity index is 1150. The maximum Gasteiger partial charge on any atom is 0.333 e. The fourth-order valence-corrected chi connectivity index (χ4v) is 3.93. The lowest BCUT2D eigenvalue weighted by Gasteiger charge is -2.23. The van der Waals surface area contributed by atoms with Crippen molar-refractivity contribution >= 4 is 17.7 Å². The van der Waals surface area contributed by atoms with Gasteiger partial charge in [-0.15, -0.1) is 0 Å². The first-order valence-electron chi connectivity index (χ1n) is 13.4. The molecule has 0 radical (unpaired) electrons. The number of benzene rings is 3. The zero-order valence-corrected chi connectivity index (χ0v) is 23.1. The molecular weight excluding hydrogens is 512 g/mol. The van der Waals surface area contributed by atoms with Gasteiger partial charge in [0.1, 0.15) is 23.9 Å². The number of carboxylic acid groups (broad SMARTS) is 1. The standard InChI is InChI=1S/C31H38N2O7/c1-3-38-29(30(34)35)23-24-11-15-28(16-12-24)40-22-20-33(19-7-8-21-39-27-9-5-4-6-10-27)31(36)32-25-13-17-26(37-2)18-14-25/h4-6,9-18,29H,3,7-8,19-23H2,1-2H3,(H,32,36)(H,34,35). The molecule has 0 aliphatic carbocycles. The van der Waals surface area contributed by atoms with Crippen molar-refractivity contribution in [3.63, 3.8) is 0 Å². The van der Waals surface area contributed by atoms with Crippen LogP contribution in [-0.4, -0.2) is 68.1 Å². The third-order valence-corrected chi connectivity index (χ3v) is 6.08. The molecule has 0 saturated carbocycles. The summed E-state index contributed by atoms with van der Waals surface area (Å²) in [6.07, 6.45) is 0.953. The largest absolute Gasteiger partial charge is 0.497 e. The number of urea groups is 1. The highest BCUT2D eigenvalue weighted by molar-refractivity contribution is 5.89. The normalized spacial score (nSPS) is 11.3. The molecule has 9 nitrogen and oxygen atoms in total. The molecule has 0 spiro atoms. The van der Waals surface area contributed by atoms with Crippen molar-refractivity contribution in [2.24, 2.45) is 0 Å². The van der Waals surface area contributed by atoms with Gasteiger partial charge in [0.25, 0.3) is 0 Å². The van der Waals surface area contributed by atoms with Crippen molar-refractivity contribution in [1.82, 2.24) is 4.90 Å². The summed E-state index contributed by atoms with van der Waals surface area (Å²) in [4.78, 5) is 26.2. The summed E-state index contributed by atoms with van der Waals surface area (Å²) in [7, 11) is 1.60. The molecular formula is C31H38N2O7. The highest BCUT2D eigenvalue weighted by Gasteiger charge is 2.18. The number of methoxy groups -OCH3 is 1. The molecule has 40 heavy (non-hydrogen) atoms. The minimum Gasteiger partial charge on any atom is -0.497 e. The van der Waals surface area contributed by atoms with Crippen molar-refractivity contribution in [2.45, 2.75) is 32.3 Å². The number of ether oxygens (including phenoxy) is 4. The second-order valence-electron chi connectivity index (χ2n) is 8.99. The molecule has 3 aromatic carbocycles. The van der Waals surface area contributed by atoms with Gasteiger partial charge in [-0.1, -0.05) is 30.3 Å². The molecule has 0 saturated heterocycles. The fraction of sp³-hybridized carbons (Fsp3) is 0.355. The van der Waals surface area contributed by atoms with Gasteiger partial charge in [0.2, 0.25) is 0 Å². The van der Waals surface area contributed by atoms with Gasteiger partial charge in [0, 0.05) is 25.3 Å². The van der Waals surface area contributed by atoms with E-state index in [0.29, 0.717) is 50.1 Å². The Hall–Kier alpha value is -4.24. The SMILES string of the molecule is CCOC(Cc1ccc(OCCN(CCCCOc2ccccc2)C(=O)Nc2ccc(OC)cc2)cc1)C(=O)O. The summed E-state index contributed by atoms with van der Waals surface area (Å²) < 4.78 is 22.1. The lowest BCUT2D eigenvalue weighted by Crippen LogP contribution is -2.38. The number of nitrogens with one attached hydrogen (secondary N) is 1. The topological polar surface area (TPSA) is 107 Å². The molecule has 0 aliphatic rings. The van der Waals surface area contributed by atoms with Crippen LogP contribution in [0.25, 0.3) is 0 Å². The Kier molecular flexibility index (Phi) is 12.6. The minimum absolute atomic E-state index is 0.219. The van der Waals surface area contributed by atoms with Crippen LogP contribution in [0, 0.1) is 0 Å².